The topological polar surface area (TPSA) is 72.9 Å². The van der Waals surface area contributed by atoms with Gasteiger partial charge in [0.2, 0.25) is 13.3 Å². The normalized spacial score (nSPS) is 17.8. The van der Waals surface area contributed by atoms with E-state index < -0.39 is 25.1 Å². The number of nitrogens with zero attached hydrogens (tertiary/aromatic N) is 1. The van der Waals surface area contributed by atoms with Gasteiger partial charge in [0.05, 0.1) is 17.9 Å². The van der Waals surface area contributed by atoms with Gasteiger partial charge in [-0.3, -0.25) is 9.36 Å². The third-order valence-electron chi connectivity index (χ3n) is 6.54. The van der Waals surface area contributed by atoms with Crippen LogP contribution in [-0.4, -0.2) is 29.1 Å². The molecule has 1 aliphatic heterocycles. The second-order valence-corrected chi connectivity index (χ2v) is 13.3. The first kappa shape index (κ1) is 28.5. The van der Waals surface area contributed by atoms with E-state index >= 15 is 0 Å². The number of allylic oxidation sites excluding steroid dienone is 1. The maximum atomic E-state index is 14.0. The van der Waals surface area contributed by atoms with Crippen LogP contribution in [0.2, 0.25) is 0 Å². The molecule has 1 unspecified atom stereocenters. The summed E-state index contributed by atoms with van der Waals surface area (Å²) in [7, 11) is -3.04. The summed E-state index contributed by atoms with van der Waals surface area (Å²) in [6, 6.07) is 26.4. The lowest BCUT2D eigenvalue weighted by Crippen LogP contribution is -2.34. The largest absolute Gasteiger partial charge is 0.446 e. The van der Waals surface area contributed by atoms with Crippen molar-refractivity contribution in [3.05, 3.63) is 120 Å². The second-order valence-electron chi connectivity index (χ2n) is 10.9. The summed E-state index contributed by atoms with van der Waals surface area (Å²) in [5.41, 5.74) is 3.06. The van der Waals surface area contributed by atoms with E-state index in [-0.39, 0.29) is 24.9 Å². The highest BCUT2D eigenvalue weighted by Gasteiger charge is 2.39. The number of rotatable bonds is 10. The van der Waals surface area contributed by atoms with Gasteiger partial charge >= 0.3 is 6.09 Å². The first-order valence-corrected chi connectivity index (χ1v) is 15.1. The van der Waals surface area contributed by atoms with Crippen LogP contribution in [0.5, 0.6) is 0 Å². The molecular formula is C32H36NO5P. The third-order valence-corrected chi connectivity index (χ3v) is 9.12. The van der Waals surface area contributed by atoms with Crippen LogP contribution in [-0.2, 0) is 30.9 Å². The van der Waals surface area contributed by atoms with Gasteiger partial charge in [-0.25, -0.2) is 9.69 Å². The zero-order valence-corrected chi connectivity index (χ0v) is 23.7. The van der Waals surface area contributed by atoms with Crippen molar-refractivity contribution < 1.29 is 23.4 Å². The molecule has 0 bridgehead atoms. The molecule has 3 aromatic carbocycles. The number of ether oxygens (including phenoxy) is 1. The zero-order chi connectivity index (χ0) is 28.0. The monoisotopic (exact) mass is 545 g/mol. The minimum absolute atomic E-state index is 0.0842. The molecule has 1 heterocycles. The van der Waals surface area contributed by atoms with Crippen molar-refractivity contribution in [1.29, 1.82) is 0 Å². The van der Waals surface area contributed by atoms with Gasteiger partial charge in [-0.15, -0.1) is 6.58 Å². The summed E-state index contributed by atoms with van der Waals surface area (Å²) < 4.78 is 25.3. The van der Waals surface area contributed by atoms with Crippen LogP contribution in [0.25, 0.3) is 0 Å². The summed E-state index contributed by atoms with van der Waals surface area (Å²) in [6.07, 6.45) is 1.83. The molecule has 0 saturated carbocycles. The SMILES string of the molecule is C=C[C@@H](CC(=O)N1C(=O)OC[C@@H]1c1ccccc1)c1ccc(CP(=O)(Cc2ccccc2)OC(C)(C)C)cc1. The highest BCUT2D eigenvalue weighted by atomic mass is 31.2. The Hall–Kier alpha value is -3.47. The van der Waals surface area contributed by atoms with Gasteiger partial charge in [0, 0.05) is 12.3 Å². The Morgan fingerprint density at radius 2 is 1.56 bits per heavy atom. The average molecular weight is 546 g/mol. The molecule has 3 aromatic rings. The number of benzene rings is 3. The van der Waals surface area contributed by atoms with E-state index in [0.717, 1.165) is 22.3 Å². The van der Waals surface area contributed by atoms with E-state index in [2.05, 4.69) is 6.58 Å². The Labute approximate surface area is 231 Å². The molecule has 204 valence electrons. The lowest BCUT2D eigenvalue weighted by atomic mass is 9.94. The van der Waals surface area contributed by atoms with Crippen molar-refractivity contribution in [1.82, 2.24) is 4.90 Å². The van der Waals surface area contributed by atoms with Crippen LogP contribution in [0.1, 0.15) is 61.4 Å². The average Bonchev–Trinajstić information content (AvgIpc) is 3.29. The van der Waals surface area contributed by atoms with Gasteiger partial charge in [-0.2, -0.15) is 0 Å². The molecule has 1 saturated heterocycles. The minimum Gasteiger partial charge on any atom is -0.446 e. The van der Waals surface area contributed by atoms with Crippen LogP contribution in [0.15, 0.2) is 97.6 Å². The summed E-state index contributed by atoms with van der Waals surface area (Å²) in [5, 5.41) is 0. The van der Waals surface area contributed by atoms with Crippen molar-refractivity contribution >= 4 is 19.4 Å². The molecule has 6 nitrogen and oxygen atoms in total. The fraction of sp³-hybridized carbons (Fsp3) is 0.312. The van der Waals surface area contributed by atoms with Crippen LogP contribution < -0.4 is 0 Å². The van der Waals surface area contributed by atoms with Gasteiger partial charge in [-0.1, -0.05) is 91.0 Å². The smallest absolute Gasteiger partial charge is 0.417 e. The molecule has 0 aromatic heterocycles. The van der Waals surface area contributed by atoms with Gasteiger partial charge in [0.1, 0.15) is 12.6 Å². The molecule has 0 N–H and O–H groups in total. The van der Waals surface area contributed by atoms with Crippen LogP contribution in [0.4, 0.5) is 4.79 Å². The molecule has 7 heteroatoms. The molecule has 3 atom stereocenters. The predicted molar refractivity (Wildman–Crippen MR) is 154 cm³/mol. The molecule has 2 amide bonds. The van der Waals surface area contributed by atoms with E-state index in [9.17, 15) is 14.2 Å². The highest BCUT2D eigenvalue weighted by molar-refractivity contribution is 7.57. The van der Waals surface area contributed by atoms with Crippen LogP contribution in [0, 0.1) is 0 Å². The van der Waals surface area contributed by atoms with Gasteiger partial charge in [0.15, 0.2) is 0 Å². The molecule has 0 aliphatic carbocycles. The quantitative estimate of drug-likeness (QED) is 0.192. The van der Waals surface area contributed by atoms with E-state index in [0.29, 0.717) is 12.3 Å². The van der Waals surface area contributed by atoms with E-state index in [1.807, 2.05) is 106 Å². The minimum atomic E-state index is -3.04. The molecule has 0 spiro atoms. The third kappa shape index (κ3) is 7.56. The number of imide groups is 1. The Morgan fingerprint density at radius 1 is 1.00 bits per heavy atom. The number of amides is 2. The maximum absolute atomic E-state index is 14.0. The van der Waals surface area contributed by atoms with Gasteiger partial charge in [-0.05, 0) is 43.0 Å². The summed E-state index contributed by atoms with van der Waals surface area (Å²) >= 11 is 0. The van der Waals surface area contributed by atoms with Gasteiger partial charge < -0.3 is 9.26 Å². The van der Waals surface area contributed by atoms with Crippen molar-refractivity contribution in [2.45, 2.75) is 57.1 Å². The van der Waals surface area contributed by atoms with Gasteiger partial charge in [0.25, 0.3) is 0 Å². The van der Waals surface area contributed by atoms with E-state index in [1.165, 1.54) is 4.90 Å². The Morgan fingerprint density at radius 3 is 2.13 bits per heavy atom. The van der Waals surface area contributed by atoms with E-state index in [1.54, 1.807) is 6.08 Å². The molecule has 0 radical (unpaired) electrons. The molecule has 1 aliphatic rings. The summed E-state index contributed by atoms with van der Waals surface area (Å²) in [6.45, 7) is 9.82. The summed E-state index contributed by atoms with van der Waals surface area (Å²) in [5.74, 6) is -0.607. The van der Waals surface area contributed by atoms with Crippen molar-refractivity contribution in [3.8, 4) is 0 Å². The molecule has 4 rings (SSSR count). The fourth-order valence-corrected chi connectivity index (χ4v) is 7.64. The molecule has 39 heavy (non-hydrogen) atoms. The number of hydrogen-bond donors (Lipinski definition) is 0. The second kappa shape index (κ2) is 12.1. The lowest BCUT2D eigenvalue weighted by molar-refractivity contribution is -0.129. The standard InChI is InChI=1S/C32H36NO5P/c1-5-26(20-30(34)33-29(21-37-31(33)35)28-14-10-7-11-15-28)27-18-16-25(17-19-27)23-39(36,38-32(2,3)4)22-24-12-8-6-9-13-24/h5-19,26,29H,1,20-23H2,2-4H3/t26-,29+,39?/m0/s1. The lowest BCUT2D eigenvalue weighted by Gasteiger charge is -2.28. The Balaban J connectivity index is 1.48. The first-order valence-electron chi connectivity index (χ1n) is 13.1. The van der Waals surface area contributed by atoms with Crippen molar-refractivity contribution in [2.75, 3.05) is 6.61 Å². The van der Waals surface area contributed by atoms with Crippen molar-refractivity contribution in [3.63, 3.8) is 0 Å². The molecular weight excluding hydrogens is 509 g/mol. The van der Waals surface area contributed by atoms with Crippen LogP contribution in [0.3, 0.4) is 0 Å². The number of carbonyl (C=O) groups excluding carboxylic acids is 2. The molecule has 1 fully saturated rings. The number of cyclic esters (lactones) is 1. The van der Waals surface area contributed by atoms with Crippen molar-refractivity contribution in [2.24, 2.45) is 0 Å². The van der Waals surface area contributed by atoms with Crippen LogP contribution >= 0.6 is 7.37 Å². The zero-order valence-electron chi connectivity index (χ0n) is 22.8. The Kier molecular flexibility index (Phi) is 8.89. The summed E-state index contributed by atoms with van der Waals surface area (Å²) in [4.78, 5) is 26.9. The van der Waals surface area contributed by atoms with E-state index in [4.69, 9.17) is 9.26 Å². The fourth-order valence-electron chi connectivity index (χ4n) is 4.87. The number of hydrogen-bond acceptors (Lipinski definition) is 5. The first-order chi connectivity index (χ1) is 18.6. The highest BCUT2D eigenvalue weighted by Crippen LogP contribution is 2.56. The predicted octanol–water partition coefficient (Wildman–Crippen LogP) is 7.86. The maximum Gasteiger partial charge on any atom is 0.417 e. The Bertz CT molecular complexity index is 1330. The number of carbonyl (C=O) groups is 2.